The second-order valence-corrected chi connectivity index (χ2v) is 5.54. The van der Waals surface area contributed by atoms with E-state index in [0.717, 1.165) is 25.1 Å². The Morgan fingerprint density at radius 2 is 1.87 bits per heavy atom. The SMILES string of the molecule is CCN(Cc1ccccc1)c1cc(CNCCCO)ccc1F. The van der Waals surface area contributed by atoms with E-state index in [1.54, 1.807) is 6.07 Å². The summed E-state index contributed by atoms with van der Waals surface area (Å²) >= 11 is 0. The standard InChI is InChI=1S/C19H25FN2O/c1-2-22(15-16-7-4-3-5-8-16)19-13-17(9-10-18(19)20)14-21-11-6-12-23/h3-5,7-10,13,21,23H,2,6,11-12,14-15H2,1H3. The smallest absolute Gasteiger partial charge is 0.146 e. The van der Waals surface area contributed by atoms with Crippen LogP contribution in [0.5, 0.6) is 0 Å². The summed E-state index contributed by atoms with van der Waals surface area (Å²) in [5.41, 5.74) is 2.85. The van der Waals surface area contributed by atoms with E-state index in [4.69, 9.17) is 5.11 Å². The van der Waals surface area contributed by atoms with Crippen LogP contribution in [0, 0.1) is 5.82 Å². The number of benzene rings is 2. The van der Waals surface area contributed by atoms with Gasteiger partial charge in [0.15, 0.2) is 0 Å². The first-order valence-corrected chi connectivity index (χ1v) is 8.13. The molecule has 0 aromatic heterocycles. The third-order valence-corrected chi connectivity index (χ3v) is 3.79. The summed E-state index contributed by atoms with van der Waals surface area (Å²) in [5.74, 6) is -0.193. The van der Waals surface area contributed by atoms with Gasteiger partial charge in [0.1, 0.15) is 5.82 Å². The molecule has 0 saturated carbocycles. The van der Waals surface area contributed by atoms with E-state index >= 15 is 0 Å². The van der Waals surface area contributed by atoms with Gasteiger partial charge < -0.3 is 15.3 Å². The van der Waals surface area contributed by atoms with Gasteiger partial charge in [-0.05, 0) is 43.1 Å². The Balaban J connectivity index is 2.09. The van der Waals surface area contributed by atoms with Gasteiger partial charge in [-0.3, -0.25) is 0 Å². The highest BCUT2D eigenvalue weighted by Gasteiger charge is 2.11. The van der Waals surface area contributed by atoms with Crippen LogP contribution in [0.25, 0.3) is 0 Å². The maximum atomic E-state index is 14.3. The molecule has 2 aromatic rings. The normalized spacial score (nSPS) is 10.7. The van der Waals surface area contributed by atoms with Crippen molar-refractivity contribution >= 4 is 5.69 Å². The Kier molecular flexibility index (Phi) is 7.04. The van der Waals surface area contributed by atoms with Crippen molar-refractivity contribution in [2.45, 2.75) is 26.4 Å². The second kappa shape index (κ2) is 9.28. The molecule has 0 spiro atoms. The van der Waals surface area contributed by atoms with Gasteiger partial charge in [0.25, 0.3) is 0 Å². The summed E-state index contributed by atoms with van der Waals surface area (Å²) in [4.78, 5) is 2.04. The van der Waals surface area contributed by atoms with E-state index in [1.807, 2.05) is 36.1 Å². The van der Waals surface area contributed by atoms with Crippen molar-refractivity contribution in [3.05, 3.63) is 65.5 Å². The van der Waals surface area contributed by atoms with Gasteiger partial charge in [-0.1, -0.05) is 36.4 Å². The molecule has 0 aliphatic rings. The van der Waals surface area contributed by atoms with Crippen LogP contribution in [-0.2, 0) is 13.1 Å². The van der Waals surface area contributed by atoms with Crippen LogP contribution in [0.15, 0.2) is 48.5 Å². The number of aliphatic hydroxyl groups is 1. The molecule has 0 atom stereocenters. The molecule has 0 unspecified atom stereocenters. The van der Waals surface area contributed by atoms with Crippen LogP contribution < -0.4 is 10.2 Å². The van der Waals surface area contributed by atoms with Gasteiger partial charge in [-0.15, -0.1) is 0 Å². The Labute approximate surface area is 137 Å². The highest BCUT2D eigenvalue weighted by molar-refractivity contribution is 5.50. The fourth-order valence-corrected chi connectivity index (χ4v) is 2.52. The van der Waals surface area contributed by atoms with E-state index in [1.165, 1.54) is 11.6 Å². The summed E-state index contributed by atoms with van der Waals surface area (Å²) in [7, 11) is 0. The Hall–Kier alpha value is -1.91. The number of hydrogen-bond acceptors (Lipinski definition) is 3. The van der Waals surface area contributed by atoms with E-state index in [0.29, 0.717) is 18.8 Å². The molecule has 0 saturated heterocycles. The number of rotatable bonds is 9. The lowest BCUT2D eigenvalue weighted by atomic mass is 10.1. The quantitative estimate of drug-likeness (QED) is 0.697. The van der Waals surface area contributed by atoms with Gasteiger partial charge in [0.2, 0.25) is 0 Å². The molecular formula is C19H25FN2O. The first-order chi connectivity index (χ1) is 11.2. The van der Waals surface area contributed by atoms with Gasteiger partial charge in [0, 0.05) is 26.2 Å². The van der Waals surface area contributed by atoms with Gasteiger partial charge in [-0.25, -0.2) is 4.39 Å². The van der Waals surface area contributed by atoms with Crippen molar-refractivity contribution in [1.82, 2.24) is 5.32 Å². The van der Waals surface area contributed by atoms with Crippen molar-refractivity contribution in [2.24, 2.45) is 0 Å². The zero-order valence-electron chi connectivity index (χ0n) is 13.6. The molecule has 2 N–H and O–H groups in total. The number of anilines is 1. The molecule has 0 radical (unpaired) electrons. The molecule has 0 aliphatic carbocycles. The third kappa shape index (κ3) is 5.34. The van der Waals surface area contributed by atoms with Crippen molar-refractivity contribution in [1.29, 1.82) is 0 Å². The molecule has 0 heterocycles. The predicted octanol–water partition coefficient (Wildman–Crippen LogP) is 3.32. The Bertz CT molecular complexity index is 589. The zero-order valence-corrected chi connectivity index (χ0v) is 13.6. The van der Waals surface area contributed by atoms with Crippen molar-refractivity contribution in [2.75, 3.05) is 24.6 Å². The summed E-state index contributed by atoms with van der Waals surface area (Å²) in [6, 6.07) is 15.4. The van der Waals surface area contributed by atoms with Gasteiger partial charge >= 0.3 is 0 Å². The molecular weight excluding hydrogens is 291 g/mol. The topological polar surface area (TPSA) is 35.5 Å². The monoisotopic (exact) mass is 316 g/mol. The van der Waals surface area contributed by atoms with Crippen molar-refractivity contribution < 1.29 is 9.50 Å². The molecule has 4 heteroatoms. The first-order valence-electron chi connectivity index (χ1n) is 8.13. The fourth-order valence-electron chi connectivity index (χ4n) is 2.52. The zero-order chi connectivity index (χ0) is 16.5. The lowest BCUT2D eigenvalue weighted by Crippen LogP contribution is -2.23. The highest BCUT2D eigenvalue weighted by atomic mass is 19.1. The largest absolute Gasteiger partial charge is 0.396 e. The number of halogens is 1. The number of nitrogens with one attached hydrogen (secondary N) is 1. The Morgan fingerprint density at radius 3 is 2.57 bits per heavy atom. The summed E-state index contributed by atoms with van der Waals surface area (Å²) in [6.45, 7) is 5.08. The van der Waals surface area contributed by atoms with E-state index in [2.05, 4.69) is 17.4 Å². The second-order valence-electron chi connectivity index (χ2n) is 5.54. The predicted molar refractivity (Wildman–Crippen MR) is 93.0 cm³/mol. The van der Waals surface area contributed by atoms with Gasteiger partial charge in [-0.2, -0.15) is 0 Å². The molecule has 2 aromatic carbocycles. The van der Waals surface area contributed by atoms with E-state index < -0.39 is 0 Å². The minimum atomic E-state index is -0.193. The fraction of sp³-hybridized carbons (Fsp3) is 0.368. The maximum Gasteiger partial charge on any atom is 0.146 e. The van der Waals surface area contributed by atoms with Crippen LogP contribution >= 0.6 is 0 Å². The molecule has 0 fully saturated rings. The van der Waals surface area contributed by atoms with Gasteiger partial charge in [0.05, 0.1) is 5.69 Å². The molecule has 124 valence electrons. The molecule has 23 heavy (non-hydrogen) atoms. The first kappa shape index (κ1) is 17.4. The van der Waals surface area contributed by atoms with Crippen molar-refractivity contribution in [3.8, 4) is 0 Å². The molecule has 0 aliphatic heterocycles. The summed E-state index contributed by atoms with van der Waals surface area (Å²) < 4.78 is 14.3. The van der Waals surface area contributed by atoms with Crippen LogP contribution in [-0.4, -0.2) is 24.8 Å². The van der Waals surface area contributed by atoms with E-state index in [-0.39, 0.29) is 12.4 Å². The highest BCUT2D eigenvalue weighted by Crippen LogP contribution is 2.23. The average Bonchev–Trinajstić information content (AvgIpc) is 2.59. The maximum absolute atomic E-state index is 14.3. The lowest BCUT2D eigenvalue weighted by Gasteiger charge is -2.24. The molecule has 0 bridgehead atoms. The molecule has 3 nitrogen and oxygen atoms in total. The summed E-state index contributed by atoms with van der Waals surface area (Å²) in [6.07, 6.45) is 0.725. The van der Waals surface area contributed by atoms with Crippen LogP contribution in [0.1, 0.15) is 24.5 Å². The molecule has 2 rings (SSSR count). The van der Waals surface area contributed by atoms with Crippen molar-refractivity contribution in [3.63, 3.8) is 0 Å². The number of nitrogens with zero attached hydrogens (tertiary/aromatic N) is 1. The lowest BCUT2D eigenvalue weighted by molar-refractivity contribution is 0.286. The van der Waals surface area contributed by atoms with E-state index in [9.17, 15) is 4.39 Å². The third-order valence-electron chi connectivity index (χ3n) is 3.79. The minimum Gasteiger partial charge on any atom is -0.396 e. The average molecular weight is 316 g/mol. The molecule has 0 amide bonds. The number of aliphatic hydroxyl groups excluding tert-OH is 1. The summed E-state index contributed by atoms with van der Waals surface area (Å²) in [5, 5.41) is 12.0. The Morgan fingerprint density at radius 1 is 1.09 bits per heavy atom. The van der Waals surface area contributed by atoms with Crippen LogP contribution in [0.4, 0.5) is 10.1 Å². The van der Waals surface area contributed by atoms with Crippen LogP contribution in [0.3, 0.4) is 0 Å². The number of hydrogen-bond donors (Lipinski definition) is 2. The van der Waals surface area contributed by atoms with Crippen LogP contribution in [0.2, 0.25) is 0 Å². The minimum absolute atomic E-state index is 0.183.